The van der Waals surface area contributed by atoms with Gasteiger partial charge < -0.3 is 4.74 Å². The van der Waals surface area contributed by atoms with Gasteiger partial charge in [0.25, 0.3) is 5.69 Å². The van der Waals surface area contributed by atoms with Gasteiger partial charge in [0.05, 0.1) is 16.7 Å². The molecular formula is C29H29N3O5. The highest BCUT2D eigenvalue weighted by atomic mass is 16.6. The second kappa shape index (κ2) is 10.3. The molecular weight excluding hydrogens is 470 g/mol. The number of benzene rings is 3. The van der Waals surface area contributed by atoms with Gasteiger partial charge in [-0.2, -0.15) is 5.10 Å². The van der Waals surface area contributed by atoms with Crippen molar-refractivity contribution in [3.8, 4) is 5.75 Å². The van der Waals surface area contributed by atoms with Crippen LogP contribution in [0.15, 0.2) is 71.8 Å². The largest absolute Gasteiger partial charge is 0.423 e. The van der Waals surface area contributed by atoms with Gasteiger partial charge in [0, 0.05) is 17.5 Å². The minimum absolute atomic E-state index is 0.0563. The van der Waals surface area contributed by atoms with Gasteiger partial charge in [0.15, 0.2) is 0 Å². The molecule has 0 aliphatic heterocycles. The molecule has 1 fully saturated rings. The Morgan fingerprint density at radius 2 is 1.73 bits per heavy atom. The molecule has 0 radical (unpaired) electrons. The number of carbonyl (C=O) groups excluding carboxylic acids is 2. The van der Waals surface area contributed by atoms with E-state index in [1.54, 1.807) is 31.2 Å². The van der Waals surface area contributed by atoms with Crippen LogP contribution in [0.2, 0.25) is 0 Å². The van der Waals surface area contributed by atoms with E-state index >= 15 is 0 Å². The number of esters is 1. The zero-order valence-electron chi connectivity index (χ0n) is 21.2. The standard InChI is InChI=1S/C29H29N3O5/c1-18-15-21(9-14-26(18)32(35)36)28(34)37-23-12-5-19(6-13-23)17-30-31-27(33)25-16-24(25)20-7-10-22(11-8-20)29(2,3)4/h5-15,17,24-25H,16H2,1-4H3,(H,31,33)/b30-17+/t24-,25+/m0/s1. The number of nitrogens with zero attached hydrogens (tertiary/aromatic N) is 2. The van der Waals surface area contributed by atoms with Gasteiger partial charge in [-0.05, 0) is 77.8 Å². The summed E-state index contributed by atoms with van der Waals surface area (Å²) in [6.07, 6.45) is 2.34. The van der Waals surface area contributed by atoms with Crippen LogP contribution in [0.25, 0.3) is 0 Å². The monoisotopic (exact) mass is 499 g/mol. The van der Waals surface area contributed by atoms with Crippen LogP contribution in [0.3, 0.4) is 0 Å². The minimum Gasteiger partial charge on any atom is -0.423 e. The molecule has 1 aliphatic rings. The van der Waals surface area contributed by atoms with E-state index in [0.29, 0.717) is 11.3 Å². The Balaban J connectivity index is 1.27. The molecule has 4 rings (SSSR count). The summed E-state index contributed by atoms with van der Waals surface area (Å²) in [5, 5.41) is 15.0. The number of hydrogen-bond donors (Lipinski definition) is 1. The zero-order valence-corrected chi connectivity index (χ0v) is 21.2. The number of hydrogen-bond acceptors (Lipinski definition) is 6. The highest BCUT2D eigenvalue weighted by Gasteiger charge is 2.44. The predicted octanol–water partition coefficient (Wildman–Crippen LogP) is 5.67. The molecule has 1 saturated carbocycles. The second-order valence-corrected chi connectivity index (χ2v) is 10.3. The summed E-state index contributed by atoms with van der Waals surface area (Å²) in [7, 11) is 0. The van der Waals surface area contributed by atoms with E-state index in [9.17, 15) is 19.7 Å². The zero-order chi connectivity index (χ0) is 26.7. The average Bonchev–Trinajstić information content (AvgIpc) is 3.65. The van der Waals surface area contributed by atoms with Crippen LogP contribution >= 0.6 is 0 Å². The summed E-state index contributed by atoms with van der Waals surface area (Å²) in [5.74, 6) is -0.260. The number of nitro groups is 1. The lowest BCUT2D eigenvalue weighted by atomic mass is 9.86. The molecule has 0 spiro atoms. The minimum atomic E-state index is -0.612. The quantitative estimate of drug-likeness (QED) is 0.148. The highest BCUT2D eigenvalue weighted by Crippen LogP contribution is 2.47. The van der Waals surface area contributed by atoms with Crippen molar-refractivity contribution in [1.29, 1.82) is 0 Å². The number of rotatable bonds is 7. The number of nitrogens with one attached hydrogen (secondary N) is 1. The Morgan fingerprint density at radius 3 is 2.32 bits per heavy atom. The maximum absolute atomic E-state index is 12.5. The highest BCUT2D eigenvalue weighted by molar-refractivity contribution is 5.92. The van der Waals surface area contributed by atoms with Gasteiger partial charge in [0.2, 0.25) is 5.91 Å². The molecule has 1 amide bonds. The smallest absolute Gasteiger partial charge is 0.343 e. The Kier molecular flexibility index (Phi) is 7.20. The molecule has 8 heteroatoms. The van der Waals surface area contributed by atoms with Crippen LogP contribution in [-0.2, 0) is 10.2 Å². The van der Waals surface area contributed by atoms with Gasteiger partial charge in [-0.25, -0.2) is 10.2 Å². The average molecular weight is 500 g/mol. The molecule has 37 heavy (non-hydrogen) atoms. The van der Waals surface area contributed by atoms with Crippen LogP contribution in [0.4, 0.5) is 5.69 Å². The molecule has 0 aromatic heterocycles. The van der Waals surface area contributed by atoms with E-state index in [4.69, 9.17) is 4.74 Å². The Hall–Kier alpha value is -4.33. The third-order valence-corrected chi connectivity index (χ3v) is 6.44. The molecule has 0 unspecified atom stereocenters. The van der Waals surface area contributed by atoms with Crippen molar-refractivity contribution in [3.63, 3.8) is 0 Å². The van der Waals surface area contributed by atoms with E-state index < -0.39 is 10.9 Å². The van der Waals surface area contributed by atoms with E-state index in [-0.39, 0.29) is 34.4 Å². The molecule has 0 bridgehead atoms. The van der Waals surface area contributed by atoms with Crippen molar-refractivity contribution in [3.05, 3.63) is 105 Å². The van der Waals surface area contributed by atoms with Crippen molar-refractivity contribution < 1.29 is 19.2 Å². The van der Waals surface area contributed by atoms with Crippen molar-refractivity contribution in [1.82, 2.24) is 5.43 Å². The van der Waals surface area contributed by atoms with Crippen molar-refractivity contribution in [2.24, 2.45) is 11.0 Å². The summed E-state index contributed by atoms with van der Waals surface area (Å²) in [6, 6.07) is 19.2. The van der Waals surface area contributed by atoms with Crippen LogP contribution in [0.1, 0.15) is 65.7 Å². The van der Waals surface area contributed by atoms with Crippen LogP contribution in [0, 0.1) is 23.0 Å². The van der Waals surface area contributed by atoms with E-state index in [0.717, 1.165) is 12.0 Å². The van der Waals surface area contributed by atoms with Gasteiger partial charge in [-0.15, -0.1) is 0 Å². The number of nitro benzene ring substituents is 1. The second-order valence-electron chi connectivity index (χ2n) is 10.3. The van der Waals surface area contributed by atoms with Gasteiger partial charge >= 0.3 is 5.97 Å². The Bertz CT molecular complexity index is 1360. The first-order valence-electron chi connectivity index (χ1n) is 12.0. The third kappa shape index (κ3) is 6.27. The van der Waals surface area contributed by atoms with Crippen molar-refractivity contribution in [2.45, 2.75) is 45.4 Å². The van der Waals surface area contributed by atoms with E-state index in [1.807, 2.05) is 0 Å². The summed E-state index contributed by atoms with van der Waals surface area (Å²) < 4.78 is 5.35. The lowest BCUT2D eigenvalue weighted by Gasteiger charge is -2.19. The number of hydrazone groups is 1. The lowest BCUT2D eigenvalue weighted by Crippen LogP contribution is -2.20. The van der Waals surface area contributed by atoms with E-state index in [2.05, 4.69) is 55.6 Å². The number of amides is 1. The van der Waals surface area contributed by atoms with Crippen LogP contribution in [-0.4, -0.2) is 23.0 Å². The van der Waals surface area contributed by atoms with Gasteiger partial charge in [0.1, 0.15) is 5.75 Å². The van der Waals surface area contributed by atoms with Crippen LogP contribution < -0.4 is 10.2 Å². The first-order valence-corrected chi connectivity index (χ1v) is 12.0. The predicted molar refractivity (Wildman–Crippen MR) is 141 cm³/mol. The summed E-state index contributed by atoms with van der Waals surface area (Å²) in [5.41, 5.74) is 6.41. The third-order valence-electron chi connectivity index (χ3n) is 6.44. The number of aryl methyl sites for hydroxylation is 1. The summed E-state index contributed by atoms with van der Waals surface area (Å²) in [4.78, 5) is 35.3. The Morgan fingerprint density at radius 1 is 1.05 bits per heavy atom. The topological polar surface area (TPSA) is 111 Å². The maximum Gasteiger partial charge on any atom is 0.343 e. The molecule has 1 N–H and O–H groups in total. The SMILES string of the molecule is Cc1cc(C(=O)Oc2ccc(/C=N/NC(=O)[C@@H]3C[C@H]3c3ccc(C(C)(C)C)cc3)cc2)ccc1[N+](=O)[O-]. The first kappa shape index (κ1) is 25.8. The molecule has 8 nitrogen and oxygen atoms in total. The first-order chi connectivity index (χ1) is 17.5. The normalized spacial score (nSPS) is 16.9. The molecule has 3 aromatic rings. The fraction of sp³-hybridized carbons (Fsp3) is 0.276. The summed E-state index contributed by atoms with van der Waals surface area (Å²) in [6.45, 7) is 8.10. The number of carbonyl (C=O) groups is 2. The molecule has 1 aliphatic carbocycles. The van der Waals surface area contributed by atoms with E-state index in [1.165, 1.54) is 35.5 Å². The molecule has 3 aromatic carbocycles. The molecule has 0 saturated heterocycles. The van der Waals surface area contributed by atoms with Crippen molar-refractivity contribution >= 4 is 23.8 Å². The van der Waals surface area contributed by atoms with Gasteiger partial charge in [-0.3, -0.25) is 14.9 Å². The number of ether oxygens (including phenoxy) is 1. The fourth-order valence-electron chi connectivity index (χ4n) is 4.11. The van der Waals surface area contributed by atoms with Crippen LogP contribution in [0.5, 0.6) is 5.75 Å². The molecule has 0 heterocycles. The molecule has 2 atom stereocenters. The fourth-order valence-corrected chi connectivity index (χ4v) is 4.11. The summed E-state index contributed by atoms with van der Waals surface area (Å²) >= 11 is 0. The molecule has 190 valence electrons. The Labute approximate surface area is 215 Å². The van der Waals surface area contributed by atoms with Crippen molar-refractivity contribution in [2.75, 3.05) is 0 Å². The van der Waals surface area contributed by atoms with Gasteiger partial charge in [-0.1, -0.05) is 45.0 Å². The maximum atomic E-state index is 12.5. The lowest BCUT2D eigenvalue weighted by molar-refractivity contribution is -0.385.